The number of carbonyl (C=O) groups is 1. The van der Waals surface area contributed by atoms with Gasteiger partial charge >= 0.3 is 0 Å². The number of hydrogen-bond acceptors (Lipinski definition) is 6. The van der Waals surface area contributed by atoms with Gasteiger partial charge in [-0.3, -0.25) is 4.79 Å². The topological polar surface area (TPSA) is 70.6 Å². The summed E-state index contributed by atoms with van der Waals surface area (Å²) in [5.74, 6) is -0.0913. The van der Waals surface area contributed by atoms with E-state index in [-0.39, 0.29) is 23.9 Å². The maximum atomic E-state index is 13.0. The van der Waals surface area contributed by atoms with Gasteiger partial charge in [-0.15, -0.1) is 22.7 Å². The molecule has 0 radical (unpaired) electrons. The normalized spacial score (nSPS) is 15.6. The van der Waals surface area contributed by atoms with Gasteiger partial charge in [0.05, 0.1) is 15.5 Å². The lowest BCUT2D eigenvalue weighted by molar-refractivity contribution is 0.0702. The minimum atomic E-state index is -3.60. The first-order valence-corrected chi connectivity index (χ1v) is 12.4. The molecule has 0 aliphatic carbocycles. The van der Waals surface area contributed by atoms with Crippen molar-refractivity contribution < 1.29 is 13.2 Å². The Morgan fingerprint density at radius 1 is 1.10 bits per heavy atom. The van der Waals surface area contributed by atoms with Gasteiger partial charge in [-0.25, -0.2) is 13.4 Å². The fourth-order valence-electron chi connectivity index (χ4n) is 3.13. The van der Waals surface area contributed by atoms with Gasteiger partial charge in [0.25, 0.3) is 5.91 Å². The van der Waals surface area contributed by atoms with E-state index in [4.69, 9.17) is 11.6 Å². The lowest BCUT2D eigenvalue weighted by Gasteiger charge is -2.33. The lowest BCUT2D eigenvalue weighted by atomic mass is 10.3. The molecular formula is C19H18ClN3O3S3. The Kier molecular flexibility index (Phi) is 5.76. The Morgan fingerprint density at radius 3 is 2.41 bits per heavy atom. The summed E-state index contributed by atoms with van der Waals surface area (Å²) in [5.41, 5.74) is 0.708. The van der Waals surface area contributed by atoms with Crippen LogP contribution in [-0.4, -0.2) is 54.7 Å². The van der Waals surface area contributed by atoms with Crippen molar-refractivity contribution in [3.8, 4) is 9.88 Å². The van der Waals surface area contributed by atoms with E-state index in [0.717, 1.165) is 9.88 Å². The van der Waals surface area contributed by atoms with Crippen molar-refractivity contribution in [2.24, 2.45) is 0 Å². The second kappa shape index (κ2) is 8.16. The molecule has 6 nitrogen and oxygen atoms in total. The zero-order valence-corrected chi connectivity index (χ0v) is 18.7. The van der Waals surface area contributed by atoms with E-state index in [2.05, 4.69) is 4.98 Å². The Balaban J connectivity index is 1.46. The van der Waals surface area contributed by atoms with E-state index in [1.54, 1.807) is 28.4 Å². The summed E-state index contributed by atoms with van der Waals surface area (Å²) in [6.45, 7) is 3.04. The highest BCUT2D eigenvalue weighted by Crippen LogP contribution is 2.32. The molecule has 3 aromatic rings. The third-order valence-corrected chi connectivity index (χ3v) is 9.05. The molecule has 152 valence electrons. The van der Waals surface area contributed by atoms with Crippen LogP contribution in [0.2, 0.25) is 5.02 Å². The largest absolute Gasteiger partial charge is 0.335 e. The Morgan fingerprint density at radius 2 is 1.79 bits per heavy atom. The van der Waals surface area contributed by atoms with Crippen LogP contribution in [0.4, 0.5) is 0 Å². The summed E-state index contributed by atoms with van der Waals surface area (Å²) in [7, 11) is -3.60. The molecule has 1 aliphatic rings. The number of aromatic nitrogens is 1. The van der Waals surface area contributed by atoms with Crippen LogP contribution >= 0.6 is 34.3 Å². The van der Waals surface area contributed by atoms with Gasteiger partial charge in [0.1, 0.15) is 9.88 Å². The predicted molar refractivity (Wildman–Crippen MR) is 116 cm³/mol. The van der Waals surface area contributed by atoms with Crippen molar-refractivity contribution in [3.63, 3.8) is 0 Å². The zero-order chi connectivity index (χ0) is 20.6. The summed E-state index contributed by atoms with van der Waals surface area (Å²) in [6.07, 6.45) is 0. The molecule has 2 aromatic heterocycles. The average molecular weight is 468 g/mol. The minimum absolute atomic E-state index is 0.0913. The van der Waals surface area contributed by atoms with Gasteiger partial charge in [-0.05, 0) is 42.6 Å². The number of nitrogens with zero attached hydrogens (tertiary/aromatic N) is 3. The van der Waals surface area contributed by atoms with Crippen LogP contribution in [0.5, 0.6) is 0 Å². The van der Waals surface area contributed by atoms with Crippen LogP contribution in [-0.2, 0) is 10.0 Å². The number of benzene rings is 1. The quantitative estimate of drug-likeness (QED) is 0.581. The number of thiazole rings is 1. The third kappa shape index (κ3) is 4.10. The second-order valence-corrected chi connectivity index (χ2v) is 10.9. The number of rotatable bonds is 4. The second-order valence-electron chi connectivity index (χ2n) is 6.56. The molecule has 0 atom stereocenters. The molecule has 0 spiro atoms. The van der Waals surface area contributed by atoms with Gasteiger partial charge in [0.2, 0.25) is 10.0 Å². The molecule has 1 amide bonds. The number of aryl methyl sites for hydroxylation is 1. The summed E-state index contributed by atoms with van der Waals surface area (Å²) in [5, 5.41) is 3.31. The lowest BCUT2D eigenvalue weighted by Crippen LogP contribution is -2.50. The SMILES string of the molecule is Cc1nc(-c2cccs2)sc1C(=O)N1CCN(S(=O)(=O)c2ccc(Cl)cc2)CC1. The van der Waals surface area contributed by atoms with Crippen molar-refractivity contribution in [2.75, 3.05) is 26.2 Å². The Hall–Kier alpha value is -1.78. The first-order valence-electron chi connectivity index (χ1n) is 8.92. The molecule has 29 heavy (non-hydrogen) atoms. The number of amides is 1. The van der Waals surface area contributed by atoms with E-state index in [0.29, 0.717) is 28.7 Å². The van der Waals surface area contributed by atoms with Crippen LogP contribution < -0.4 is 0 Å². The average Bonchev–Trinajstić information content (AvgIpc) is 3.37. The summed E-state index contributed by atoms with van der Waals surface area (Å²) in [6, 6.07) is 10.1. The molecule has 0 saturated carbocycles. The number of hydrogen-bond donors (Lipinski definition) is 0. The van der Waals surface area contributed by atoms with Crippen molar-refractivity contribution in [1.29, 1.82) is 0 Å². The molecule has 10 heteroatoms. The fraction of sp³-hybridized carbons (Fsp3) is 0.263. The van der Waals surface area contributed by atoms with Crippen LogP contribution in [0.3, 0.4) is 0 Å². The monoisotopic (exact) mass is 467 g/mol. The Labute approximate surface area is 182 Å². The first-order chi connectivity index (χ1) is 13.9. The van der Waals surface area contributed by atoms with Crippen molar-refractivity contribution in [3.05, 3.63) is 57.4 Å². The zero-order valence-electron chi connectivity index (χ0n) is 15.5. The van der Waals surface area contributed by atoms with Gasteiger partial charge < -0.3 is 4.90 Å². The van der Waals surface area contributed by atoms with E-state index in [1.165, 1.54) is 27.8 Å². The van der Waals surface area contributed by atoms with Crippen LogP contribution in [0.1, 0.15) is 15.4 Å². The van der Waals surface area contributed by atoms with Gasteiger partial charge in [-0.1, -0.05) is 17.7 Å². The predicted octanol–water partition coefficient (Wildman–Crippen LogP) is 3.98. The molecule has 3 heterocycles. The smallest absolute Gasteiger partial charge is 0.265 e. The number of sulfonamides is 1. The highest BCUT2D eigenvalue weighted by Gasteiger charge is 2.31. The highest BCUT2D eigenvalue weighted by atomic mass is 35.5. The minimum Gasteiger partial charge on any atom is -0.335 e. The third-order valence-electron chi connectivity index (χ3n) is 4.70. The standard InChI is InChI=1S/C19H18ClN3O3S3/c1-13-17(28-18(21-13)16-3-2-12-27-16)19(24)22-8-10-23(11-9-22)29(25,26)15-6-4-14(20)5-7-15/h2-7,12H,8-11H2,1H3. The van der Waals surface area contributed by atoms with Gasteiger partial charge in [0, 0.05) is 31.2 Å². The van der Waals surface area contributed by atoms with Crippen molar-refractivity contribution in [2.45, 2.75) is 11.8 Å². The molecule has 0 bridgehead atoms. The molecule has 4 rings (SSSR count). The molecule has 1 saturated heterocycles. The van der Waals surface area contributed by atoms with Crippen LogP contribution in [0, 0.1) is 6.92 Å². The number of thiophene rings is 1. The summed E-state index contributed by atoms with van der Waals surface area (Å²) < 4.78 is 27.0. The number of carbonyl (C=O) groups excluding carboxylic acids is 1. The molecular weight excluding hydrogens is 450 g/mol. The van der Waals surface area contributed by atoms with Crippen LogP contribution in [0.25, 0.3) is 9.88 Å². The number of piperazine rings is 1. The molecule has 1 aromatic carbocycles. The molecule has 0 unspecified atom stereocenters. The highest BCUT2D eigenvalue weighted by molar-refractivity contribution is 7.89. The Bertz CT molecular complexity index is 1120. The van der Waals surface area contributed by atoms with E-state index >= 15 is 0 Å². The van der Waals surface area contributed by atoms with Gasteiger partial charge in [-0.2, -0.15) is 4.31 Å². The first kappa shape index (κ1) is 20.5. The van der Waals surface area contributed by atoms with E-state index < -0.39 is 10.0 Å². The van der Waals surface area contributed by atoms with Gasteiger partial charge in [0.15, 0.2) is 0 Å². The maximum absolute atomic E-state index is 13.0. The fourth-order valence-corrected chi connectivity index (χ4v) is 6.51. The van der Waals surface area contributed by atoms with Crippen molar-refractivity contribution in [1.82, 2.24) is 14.2 Å². The van der Waals surface area contributed by atoms with Crippen LogP contribution in [0.15, 0.2) is 46.7 Å². The molecule has 1 fully saturated rings. The molecule has 1 aliphatic heterocycles. The molecule has 0 N–H and O–H groups in total. The summed E-state index contributed by atoms with van der Waals surface area (Å²) >= 11 is 8.83. The summed E-state index contributed by atoms with van der Waals surface area (Å²) in [4.78, 5) is 21.1. The maximum Gasteiger partial charge on any atom is 0.265 e. The van der Waals surface area contributed by atoms with Crippen molar-refractivity contribution >= 4 is 50.2 Å². The number of halogens is 1. The van der Waals surface area contributed by atoms with E-state index in [9.17, 15) is 13.2 Å². The van der Waals surface area contributed by atoms with E-state index in [1.807, 2.05) is 24.4 Å².